The molecule has 2 nitrogen and oxygen atoms in total. The third kappa shape index (κ3) is 1.80. The summed E-state index contributed by atoms with van der Waals surface area (Å²) in [4.78, 5) is 0. The molecule has 1 atom stereocenters. The van der Waals surface area contributed by atoms with Crippen LogP contribution < -0.4 is 10.1 Å². The first-order valence-corrected chi connectivity index (χ1v) is 5.62. The van der Waals surface area contributed by atoms with E-state index in [0.29, 0.717) is 11.3 Å². The van der Waals surface area contributed by atoms with Crippen molar-refractivity contribution in [2.24, 2.45) is 5.41 Å². The number of rotatable bonds is 4. The molecule has 16 heavy (non-hydrogen) atoms. The number of methoxy groups -OCH3 is 1. The molecule has 0 saturated heterocycles. The van der Waals surface area contributed by atoms with Crippen LogP contribution in [0, 0.1) is 11.2 Å². The molecule has 1 aliphatic rings. The van der Waals surface area contributed by atoms with E-state index in [2.05, 4.69) is 12.2 Å². The molecule has 1 N–H and O–H groups in total. The van der Waals surface area contributed by atoms with E-state index in [9.17, 15) is 4.39 Å². The molecule has 0 bridgehead atoms. The van der Waals surface area contributed by atoms with Gasteiger partial charge in [0, 0.05) is 11.6 Å². The monoisotopic (exact) mass is 223 g/mol. The average Bonchev–Trinajstić information content (AvgIpc) is 3.01. The molecule has 0 amide bonds. The van der Waals surface area contributed by atoms with E-state index >= 15 is 0 Å². The van der Waals surface area contributed by atoms with Gasteiger partial charge >= 0.3 is 0 Å². The highest BCUT2D eigenvalue weighted by Crippen LogP contribution is 2.54. The van der Waals surface area contributed by atoms with Gasteiger partial charge in [0.2, 0.25) is 0 Å². The number of hydrogen-bond acceptors (Lipinski definition) is 2. The Balaban J connectivity index is 2.38. The molecule has 88 valence electrons. The second kappa shape index (κ2) is 4.06. The molecule has 3 heteroatoms. The fourth-order valence-electron chi connectivity index (χ4n) is 2.27. The lowest BCUT2D eigenvalue weighted by atomic mass is 9.91. The molecule has 1 aromatic carbocycles. The minimum absolute atomic E-state index is 0.0719. The van der Waals surface area contributed by atoms with Gasteiger partial charge in [0.15, 0.2) is 11.6 Å². The van der Waals surface area contributed by atoms with Crippen LogP contribution in [0.3, 0.4) is 0 Å². The standard InChI is InChI=1S/C13H18FNO/c1-13(7-8-13)12(15-2)9-5-4-6-10(16-3)11(9)14/h4-6,12,15H,7-8H2,1-3H3. The summed E-state index contributed by atoms with van der Waals surface area (Å²) in [7, 11) is 3.38. The van der Waals surface area contributed by atoms with Gasteiger partial charge in [-0.1, -0.05) is 19.1 Å². The molecule has 1 unspecified atom stereocenters. The van der Waals surface area contributed by atoms with Crippen LogP contribution in [0.5, 0.6) is 5.75 Å². The maximum atomic E-state index is 14.1. The van der Waals surface area contributed by atoms with Crippen LogP contribution in [0.25, 0.3) is 0 Å². The molecule has 1 fully saturated rings. The van der Waals surface area contributed by atoms with E-state index in [4.69, 9.17) is 4.74 Å². The Bertz CT molecular complexity index is 388. The Hall–Kier alpha value is -1.09. The van der Waals surface area contributed by atoms with Crippen molar-refractivity contribution in [3.63, 3.8) is 0 Å². The second-order valence-electron chi connectivity index (χ2n) is 4.74. The first kappa shape index (κ1) is 11.4. The minimum Gasteiger partial charge on any atom is -0.494 e. The molecule has 1 aliphatic carbocycles. The summed E-state index contributed by atoms with van der Waals surface area (Å²) in [5.74, 6) is 0.0828. The van der Waals surface area contributed by atoms with Crippen LogP contribution in [-0.4, -0.2) is 14.2 Å². The third-order valence-corrected chi connectivity index (χ3v) is 3.55. The predicted octanol–water partition coefficient (Wildman–Crippen LogP) is 2.89. The molecule has 1 saturated carbocycles. The largest absolute Gasteiger partial charge is 0.494 e. The van der Waals surface area contributed by atoms with E-state index < -0.39 is 0 Å². The summed E-state index contributed by atoms with van der Waals surface area (Å²) < 4.78 is 19.1. The van der Waals surface area contributed by atoms with Gasteiger partial charge in [-0.15, -0.1) is 0 Å². The number of ether oxygens (including phenoxy) is 1. The Morgan fingerprint density at radius 1 is 1.44 bits per heavy atom. The molecule has 0 aromatic heterocycles. The first-order chi connectivity index (χ1) is 7.62. The Morgan fingerprint density at radius 2 is 2.12 bits per heavy atom. The minimum atomic E-state index is -0.238. The number of halogens is 1. The van der Waals surface area contributed by atoms with Gasteiger partial charge in [-0.2, -0.15) is 0 Å². The quantitative estimate of drug-likeness (QED) is 0.847. The summed E-state index contributed by atoms with van der Waals surface area (Å²) in [6.45, 7) is 2.19. The number of nitrogens with one attached hydrogen (secondary N) is 1. The highest BCUT2D eigenvalue weighted by atomic mass is 19.1. The molecule has 0 radical (unpaired) electrons. The van der Waals surface area contributed by atoms with E-state index in [-0.39, 0.29) is 17.3 Å². The van der Waals surface area contributed by atoms with Crippen LogP contribution in [-0.2, 0) is 0 Å². The van der Waals surface area contributed by atoms with Gasteiger partial charge in [-0.05, 0) is 31.4 Å². The third-order valence-electron chi connectivity index (χ3n) is 3.55. The van der Waals surface area contributed by atoms with Crippen molar-refractivity contribution < 1.29 is 9.13 Å². The summed E-state index contributed by atoms with van der Waals surface area (Å²) in [6.07, 6.45) is 2.30. The molecular formula is C13H18FNO. The second-order valence-corrected chi connectivity index (χ2v) is 4.74. The van der Waals surface area contributed by atoms with Gasteiger partial charge in [-0.25, -0.2) is 4.39 Å². The van der Waals surface area contributed by atoms with Crippen LogP contribution in [0.15, 0.2) is 18.2 Å². The van der Waals surface area contributed by atoms with E-state index in [1.807, 2.05) is 19.2 Å². The van der Waals surface area contributed by atoms with Gasteiger partial charge in [-0.3, -0.25) is 0 Å². The summed E-state index contributed by atoms with van der Waals surface area (Å²) in [5, 5.41) is 3.22. The van der Waals surface area contributed by atoms with Crippen LogP contribution in [0.2, 0.25) is 0 Å². The Labute approximate surface area is 95.8 Å². The van der Waals surface area contributed by atoms with Crippen molar-refractivity contribution >= 4 is 0 Å². The van der Waals surface area contributed by atoms with Gasteiger partial charge < -0.3 is 10.1 Å². The van der Waals surface area contributed by atoms with Crippen molar-refractivity contribution in [3.8, 4) is 5.75 Å². The SMILES string of the molecule is CNC(c1cccc(OC)c1F)C1(C)CC1. The average molecular weight is 223 g/mol. The topological polar surface area (TPSA) is 21.3 Å². The van der Waals surface area contributed by atoms with Gasteiger partial charge in [0.1, 0.15) is 0 Å². The van der Waals surface area contributed by atoms with Crippen LogP contribution in [0.1, 0.15) is 31.4 Å². The van der Waals surface area contributed by atoms with Crippen molar-refractivity contribution in [3.05, 3.63) is 29.6 Å². The van der Waals surface area contributed by atoms with E-state index in [1.54, 1.807) is 6.07 Å². The lowest BCUT2D eigenvalue weighted by Gasteiger charge is -2.24. The fraction of sp³-hybridized carbons (Fsp3) is 0.538. The zero-order valence-corrected chi connectivity index (χ0v) is 10.0. The Morgan fingerprint density at radius 3 is 2.62 bits per heavy atom. The fourth-order valence-corrected chi connectivity index (χ4v) is 2.27. The van der Waals surface area contributed by atoms with E-state index in [0.717, 1.165) is 12.8 Å². The molecule has 0 spiro atoms. The first-order valence-electron chi connectivity index (χ1n) is 5.62. The van der Waals surface area contributed by atoms with Crippen molar-refractivity contribution in [2.75, 3.05) is 14.2 Å². The zero-order valence-electron chi connectivity index (χ0n) is 10.0. The summed E-state index contributed by atoms with van der Waals surface area (Å²) >= 11 is 0. The summed E-state index contributed by atoms with van der Waals surface area (Å²) in [5.41, 5.74) is 0.906. The molecule has 0 heterocycles. The van der Waals surface area contributed by atoms with Crippen molar-refractivity contribution in [2.45, 2.75) is 25.8 Å². The molecule has 1 aromatic rings. The number of benzene rings is 1. The maximum Gasteiger partial charge on any atom is 0.169 e. The molecule has 2 rings (SSSR count). The smallest absolute Gasteiger partial charge is 0.169 e. The maximum absolute atomic E-state index is 14.1. The lowest BCUT2D eigenvalue weighted by Crippen LogP contribution is -2.25. The molecular weight excluding hydrogens is 205 g/mol. The van der Waals surface area contributed by atoms with Crippen molar-refractivity contribution in [1.29, 1.82) is 0 Å². The van der Waals surface area contributed by atoms with E-state index in [1.165, 1.54) is 7.11 Å². The van der Waals surface area contributed by atoms with Gasteiger partial charge in [0.05, 0.1) is 7.11 Å². The van der Waals surface area contributed by atoms with Gasteiger partial charge in [0.25, 0.3) is 0 Å². The highest BCUT2D eigenvalue weighted by molar-refractivity contribution is 5.34. The van der Waals surface area contributed by atoms with Crippen molar-refractivity contribution in [1.82, 2.24) is 5.32 Å². The predicted molar refractivity (Wildman–Crippen MR) is 62.1 cm³/mol. The lowest BCUT2D eigenvalue weighted by molar-refractivity contribution is 0.354. The Kier molecular flexibility index (Phi) is 2.89. The normalized spacial score (nSPS) is 19.2. The number of hydrogen-bond donors (Lipinski definition) is 1. The van der Waals surface area contributed by atoms with Crippen LogP contribution in [0.4, 0.5) is 4.39 Å². The zero-order chi connectivity index (χ0) is 11.8. The van der Waals surface area contributed by atoms with Crippen LogP contribution >= 0.6 is 0 Å². The summed E-state index contributed by atoms with van der Waals surface area (Å²) in [6, 6.07) is 5.40. The molecule has 0 aliphatic heterocycles. The highest BCUT2D eigenvalue weighted by Gasteiger charge is 2.45.